The van der Waals surface area contributed by atoms with E-state index < -0.39 is 17.7 Å². The third-order valence-electron chi connectivity index (χ3n) is 6.79. The molecule has 1 amide bonds. The molecule has 0 unspecified atom stereocenters. The molecule has 202 valence electrons. The lowest BCUT2D eigenvalue weighted by Crippen LogP contribution is -2.32. The molecule has 38 heavy (non-hydrogen) atoms. The molecule has 0 spiro atoms. The van der Waals surface area contributed by atoms with Crippen LogP contribution in [0.25, 0.3) is 11.4 Å². The monoisotopic (exact) mass is 522 g/mol. The van der Waals surface area contributed by atoms with Crippen molar-refractivity contribution >= 4 is 23.1 Å². The molecule has 1 aliphatic heterocycles. The molecule has 3 heterocycles. The lowest BCUT2D eigenvalue weighted by molar-refractivity contribution is -0.139. The van der Waals surface area contributed by atoms with Crippen molar-refractivity contribution in [2.24, 2.45) is 0 Å². The molecule has 1 aliphatic rings. The number of hydrogen-bond acceptors (Lipinski definition) is 8. The number of Topliss-reactive ketones (excluding diaryl/α,β-unsaturated/α-hetero) is 1. The second kappa shape index (κ2) is 10.7. The first-order valence-corrected chi connectivity index (χ1v) is 12.3. The van der Waals surface area contributed by atoms with Crippen LogP contribution in [0, 0.1) is 13.8 Å². The largest absolute Gasteiger partial charge is 0.505 e. The number of nitrogens with zero attached hydrogens (tertiary/aromatic N) is 4. The third kappa shape index (κ3) is 4.56. The van der Waals surface area contributed by atoms with E-state index >= 15 is 0 Å². The summed E-state index contributed by atoms with van der Waals surface area (Å²) in [6.45, 7) is 4.72. The summed E-state index contributed by atoms with van der Waals surface area (Å²) >= 11 is 0. The minimum absolute atomic E-state index is 0.0134. The summed E-state index contributed by atoms with van der Waals surface area (Å²) in [6, 6.07) is 6.30. The normalized spacial score (nSPS) is 17.1. The van der Waals surface area contributed by atoms with Crippen molar-refractivity contribution in [3.05, 3.63) is 58.6 Å². The number of imidazole rings is 1. The number of amides is 1. The minimum Gasteiger partial charge on any atom is -0.505 e. The highest BCUT2D eigenvalue weighted by Crippen LogP contribution is 2.46. The molecule has 1 fully saturated rings. The average Bonchev–Trinajstić information content (AvgIpc) is 3.36. The van der Waals surface area contributed by atoms with Crippen LogP contribution in [0.2, 0.25) is 0 Å². The Morgan fingerprint density at radius 2 is 1.74 bits per heavy atom. The SMILES string of the molecule is COc1cc([C@@H]2/C(=C(\O)c3c(C)nc4c(C)cccn34)C(=O)C(=O)N2CCCN(C)C)cc(OC)c1OC. The summed E-state index contributed by atoms with van der Waals surface area (Å²) in [4.78, 5) is 35.1. The van der Waals surface area contributed by atoms with Gasteiger partial charge < -0.3 is 29.1 Å². The zero-order chi connectivity index (χ0) is 27.7. The molecule has 1 N–H and O–H groups in total. The Morgan fingerprint density at radius 3 is 2.32 bits per heavy atom. The Labute approximate surface area is 222 Å². The number of ether oxygens (including phenoxy) is 3. The van der Waals surface area contributed by atoms with Crippen molar-refractivity contribution in [1.29, 1.82) is 0 Å². The van der Waals surface area contributed by atoms with E-state index in [1.807, 2.05) is 38.1 Å². The molecule has 10 nitrogen and oxygen atoms in total. The quantitative estimate of drug-likeness (QED) is 0.259. The van der Waals surface area contributed by atoms with E-state index in [4.69, 9.17) is 14.2 Å². The van der Waals surface area contributed by atoms with Gasteiger partial charge in [0.05, 0.1) is 38.6 Å². The van der Waals surface area contributed by atoms with Crippen molar-refractivity contribution in [2.75, 3.05) is 48.5 Å². The van der Waals surface area contributed by atoms with Gasteiger partial charge in [0.25, 0.3) is 11.7 Å². The van der Waals surface area contributed by atoms with E-state index in [2.05, 4.69) is 4.98 Å². The first-order valence-electron chi connectivity index (χ1n) is 12.3. The van der Waals surface area contributed by atoms with Gasteiger partial charge in [-0.3, -0.25) is 14.0 Å². The second-order valence-electron chi connectivity index (χ2n) is 9.54. The van der Waals surface area contributed by atoms with Crippen molar-refractivity contribution in [2.45, 2.75) is 26.3 Å². The summed E-state index contributed by atoms with van der Waals surface area (Å²) in [5.41, 5.74) is 3.02. The van der Waals surface area contributed by atoms with Gasteiger partial charge in [-0.1, -0.05) is 6.07 Å². The van der Waals surface area contributed by atoms with Crippen LogP contribution in [-0.2, 0) is 9.59 Å². The van der Waals surface area contributed by atoms with E-state index in [1.54, 1.807) is 29.7 Å². The molecule has 4 rings (SSSR count). The molecule has 1 atom stereocenters. The maximum absolute atomic E-state index is 13.5. The van der Waals surface area contributed by atoms with Crippen molar-refractivity contribution < 1.29 is 28.9 Å². The lowest BCUT2D eigenvalue weighted by atomic mass is 9.95. The Kier molecular flexibility index (Phi) is 7.63. The Balaban J connectivity index is 1.97. The average molecular weight is 523 g/mol. The molecule has 2 aromatic heterocycles. The topological polar surface area (TPSA) is 106 Å². The van der Waals surface area contributed by atoms with Crippen molar-refractivity contribution in [3.63, 3.8) is 0 Å². The highest BCUT2D eigenvalue weighted by atomic mass is 16.5. The maximum atomic E-state index is 13.5. The number of aromatic nitrogens is 2. The van der Waals surface area contributed by atoms with Crippen LogP contribution in [-0.4, -0.2) is 84.5 Å². The summed E-state index contributed by atoms with van der Waals surface area (Å²) in [5, 5.41) is 11.7. The van der Waals surface area contributed by atoms with E-state index in [9.17, 15) is 14.7 Å². The molecule has 1 aromatic carbocycles. The number of benzene rings is 1. The van der Waals surface area contributed by atoms with E-state index in [-0.39, 0.29) is 11.3 Å². The molecule has 3 aromatic rings. The van der Waals surface area contributed by atoms with Crippen LogP contribution in [0.4, 0.5) is 0 Å². The highest BCUT2D eigenvalue weighted by Gasteiger charge is 2.47. The van der Waals surface area contributed by atoms with Gasteiger partial charge in [-0.25, -0.2) is 4.98 Å². The number of aliphatic hydroxyl groups excluding tert-OH is 1. The number of pyridine rings is 1. The zero-order valence-electron chi connectivity index (χ0n) is 22.9. The number of rotatable bonds is 9. The van der Waals surface area contributed by atoms with Crippen LogP contribution >= 0.6 is 0 Å². The van der Waals surface area contributed by atoms with Gasteiger partial charge in [-0.15, -0.1) is 0 Å². The molecule has 0 bridgehead atoms. The number of carbonyl (C=O) groups is 2. The van der Waals surface area contributed by atoms with Crippen LogP contribution in [0.15, 0.2) is 36.0 Å². The van der Waals surface area contributed by atoms with Gasteiger partial charge in [0.1, 0.15) is 11.3 Å². The van der Waals surface area contributed by atoms with Gasteiger partial charge in [0, 0.05) is 12.7 Å². The molecule has 10 heteroatoms. The van der Waals surface area contributed by atoms with Crippen LogP contribution in [0.5, 0.6) is 17.2 Å². The molecular weight excluding hydrogens is 488 g/mol. The van der Waals surface area contributed by atoms with Crippen LogP contribution in [0.1, 0.15) is 35.0 Å². The predicted octanol–water partition coefficient (Wildman–Crippen LogP) is 3.35. The molecule has 0 saturated carbocycles. The Bertz CT molecular complexity index is 1400. The molecule has 1 saturated heterocycles. The van der Waals surface area contributed by atoms with Gasteiger partial charge in [-0.05, 0) is 70.2 Å². The number of aliphatic hydroxyl groups is 1. The van der Waals surface area contributed by atoms with E-state index in [0.29, 0.717) is 52.8 Å². The number of carbonyl (C=O) groups excluding carboxylic acids is 2. The first kappa shape index (κ1) is 27.0. The Hall–Kier alpha value is -4.05. The van der Waals surface area contributed by atoms with Crippen molar-refractivity contribution in [1.82, 2.24) is 19.2 Å². The predicted molar refractivity (Wildman–Crippen MR) is 143 cm³/mol. The minimum atomic E-state index is -0.874. The fourth-order valence-corrected chi connectivity index (χ4v) is 5.00. The van der Waals surface area contributed by atoms with E-state index in [1.165, 1.54) is 26.2 Å². The van der Waals surface area contributed by atoms with Gasteiger partial charge in [-0.2, -0.15) is 0 Å². The number of aryl methyl sites for hydroxylation is 2. The molecule has 0 aliphatic carbocycles. The molecule has 0 radical (unpaired) electrons. The van der Waals surface area contributed by atoms with Gasteiger partial charge >= 0.3 is 0 Å². The summed E-state index contributed by atoms with van der Waals surface area (Å²) < 4.78 is 18.3. The lowest BCUT2D eigenvalue weighted by Gasteiger charge is -2.27. The van der Waals surface area contributed by atoms with Gasteiger partial charge in [0.2, 0.25) is 5.75 Å². The number of ketones is 1. The number of likely N-dealkylation sites (tertiary alicyclic amines) is 1. The maximum Gasteiger partial charge on any atom is 0.295 e. The Morgan fingerprint density at radius 1 is 1.08 bits per heavy atom. The second-order valence-corrected chi connectivity index (χ2v) is 9.54. The number of hydrogen-bond donors (Lipinski definition) is 1. The number of fused-ring (bicyclic) bond motifs is 1. The molecular formula is C28H34N4O6. The zero-order valence-corrected chi connectivity index (χ0v) is 22.9. The number of methoxy groups -OCH3 is 3. The van der Waals surface area contributed by atoms with Crippen molar-refractivity contribution in [3.8, 4) is 17.2 Å². The summed E-state index contributed by atoms with van der Waals surface area (Å²) in [5.74, 6) is -0.575. The van der Waals surface area contributed by atoms with Crippen LogP contribution < -0.4 is 14.2 Å². The highest BCUT2D eigenvalue weighted by molar-refractivity contribution is 6.46. The standard InChI is InChI=1S/C28H34N4O6/c1-16-10-8-12-31-22(17(2)29-27(16)31)24(33)21-23(32(28(35)25(21)34)13-9-11-30(3)4)18-14-19(36-5)26(38-7)20(15-18)37-6/h8,10,12,14-15,23,33H,9,11,13H2,1-7H3/b24-21+/t23-/m1/s1. The first-order chi connectivity index (χ1) is 18.1. The fourth-order valence-electron chi connectivity index (χ4n) is 5.00. The summed E-state index contributed by atoms with van der Waals surface area (Å²) in [6.07, 6.45) is 2.41. The van der Waals surface area contributed by atoms with Gasteiger partial charge in [0.15, 0.2) is 17.3 Å². The summed E-state index contributed by atoms with van der Waals surface area (Å²) in [7, 11) is 8.39. The third-order valence-corrected chi connectivity index (χ3v) is 6.79. The van der Waals surface area contributed by atoms with Crippen LogP contribution in [0.3, 0.4) is 0 Å². The van der Waals surface area contributed by atoms with E-state index in [0.717, 1.165) is 12.1 Å². The smallest absolute Gasteiger partial charge is 0.295 e. The fraction of sp³-hybridized carbons (Fsp3) is 0.393.